The second-order valence-electron chi connectivity index (χ2n) is 2.67. The van der Waals surface area contributed by atoms with Crippen molar-refractivity contribution in [2.45, 2.75) is 19.0 Å². The van der Waals surface area contributed by atoms with Crippen LogP contribution in [0.1, 0.15) is 12.8 Å². The van der Waals surface area contributed by atoms with E-state index in [4.69, 9.17) is 11.5 Å². The van der Waals surface area contributed by atoms with Crippen molar-refractivity contribution < 1.29 is 0 Å². The monoisotopic (exact) mass is 129 g/mol. The summed E-state index contributed by atoms with van der Waals surface area (Å²) in [5, 5.41) is 0. The minimum Gasteiger partial charge on any atom is -0.315 e. The highest BCUT2D eigenvalue weighted by Crippen LogP contribution is 2.05. The molecule has 1 heterocycles. The Morgan fingerprint density at radius 1 is 1.22 bits per heavy atom. The Morgan fingerprint density at radius 2 is 1.78 bits per heavy atom. The smallest absolute Gasteiger partial charge is 0.0652 e. The Balaban J connectivity index is 2.11. The van der Waals surface area contributed by atoms with Gasteiger partial charge in [-0.25, -0.2) is 0 Å². The van der Waals surface area contributed by atoms with Gasteiger partial charge in [-0.05, 0) is 25.9 Å². The molecule has 1 rings (SSSR count). The van der Waals surface area contributed by atoms with Crippen LogP contribution in [0.15, 0.2) is 0 Å². The van der Waals surface area contributed by atoms with E-state index >= 15 is 0 Å². The molecule has 0 atom stereocenters. The molecule has 4 N–H and O–H groups in total. The first-order valence-corrected chi connectivity index (χ1v) is 3.52. The number of nitrogens with zero attached hydrogens (tertiary/aromatic N) is 1. The molecule has 3 nitrogen and oxygen atoms in total. The molecule has 0 amide bonds. The average molecular weight is 129 g/mol. The second kappa shape index (κ2) is 3.15. The van der Waals surface area contributed by atoms with Gasteiger partial charge in [0.25, 0.3) is 0 Å². The van der Waals surface area contributed by atoms with Gasteiger partial charge in [-0.15, -0.1) is 0 Å². The zero-order valence-corrected chi connectivity index (χ0v) is 5.71. The van der Waals surface area contributed by atoms with Gasteiger partial charge in [0.1, 0.15) is 0 Å². The fourth-order valence-corrected chi connectivity index (χ4v) is 1.26. The Morgan fingerprint density at radius 3 is 2.22 bits per heavy atom. The van der Waals surface area contributed by atoms with Crippen LogP contribution in [0.4, 0.5) is 0 Å². The summed E-state index contributed by atoms with van der Waals surface area (Å²) >= 11 is 0. The highest BCUT2D eigenvalue weighted by molar-refractivity contribution is 4.68. The maximum absolute atomic E-state index is 5.41. The Hall–Kier alpha value is -0.120. The number of hydrogen-bond donors (Lipinski definition) is 2. The number of hydrogen-bond acceptors (Lipinski definition) is 3. The molecule has 0 saturated carbocycles. The Bertz CT molecular complexity index is 76.4. The summed E-state index contributed by atoms with van der Waals surface area (Å²) in [6, 6.07) is 0. The van der Waals surface area contributed by atoms with Crippen molar-refractivity contribution >= 4 is 0 Å². The van der Waals surface area contributed by atoms with E-state index in [0.717, 1.165) is 6.54 Å². The van der Waals surface area contributed by atoms with Crippen LogP contribution >= 0.6 is 0 Å². The summed E-state index contributed by atoms with van der Waals surface area (Å²) in [5.41, 5.74) is 10.8. The van der Waals surface area contributed by atoms with Gasteiger partial charge in [-0.2, -0.15) is 0 Å². The van der Waals surface area contributed by atoms with Crippen molar-refractivity contribution in [1.29, 1.82) is 0 Å². The predicted molar refractivity (Wildman–Crippen MR) is 37.8 cm³/mol. The fourth-order valence-electron chi connectivity index (χ4n) is 1.26. The van der Waals surface area contributed by atoms with Gasteiger partial charge in [0.05, 0.1) is 6.17 Å². The summed E-state index contributed by atoms with van der Waals surface area (Å²) in [4.78, 5) is 2.31. The lowest BCUT2D eigenvalue weighted by molar-refractivity contribution is 0.316. The molecule has 1 aliphatic heterocycles. The molecule has 0 aromatic carbocycles. The lowest BCUT2D eigenvalue weighted by atomic mass is 10.4. The molecule has 3 heteroatoms. The third-order valence-corrected chi connectivity index (χ3v) is 1.67. The Kier molecular flexibility index (Phi) is 2.45. The zero-order chi connectivity index (χ0) is 6.69. The molecule has 1 saturated heterocycles. The molecule has 0 spiro atoms. The quantitative estimate of drug-likeness (QED) is 0.486. The minimum atomic E-state index is -0.150. The average Bonchev–Trinajstić information content (AvgIpc) is 2.15. The molecular formula is C6H15N3. The van der Waals surface area contributed by atoms with Gasteiger partial charge in [-0.1, -0.05) is 0 Å². The Labute approximate surface area is 56.0 Å². The van der Waals surface area contributed by atoms with E-state index in [1.165, 1.54) is 25.9 Å². The second-order valence-corrected chi connectivity index (χ2v) is 2.67. The van der Waals surface area contributed by atoms with E-state index in [2.05, 4.69) is 4.90 Å². The molecule has 1 fully saturated rings. The molecule has 0 aromatic heterocycles. The van der Waals surface area contributed by atoms with Gasteiger partial charge in [0.2, 0.25) is 0 Å². The number of likely N-dealkylation sites (tertiary alicyclic amines) is 1. The van der Waals surface area contributed by atoms with E-state index in [1.807, 2.05) is 0 Å². The van der Waals surface area contributed by atoms with Crippen LogP contribution < -0.4 is 11.5 Å². The maximum atomic E-state index is 5.41. The van der Waals surface area contributed by atoms with E-state index in [0.29, 0.717) is 0 Å². The SMILES string of the molecule is NC(N)CN1CCCC1. The largest absolute Gasteiger partial charge is 0.315 e. The molecule has 0 aromatic rings. The normalized spacial score (nSPS) is 21.7. The van der Waals surface area contributed by atoms with Crippen molar-refractivity contribution in [3.05, 3.63) is 0 Å². The number of rotatable bonds is 2. The molecule has 0 radical (unpaired) electrons. The van der Waals surface area contributed by atoms with E-state index < -0.39 is 0 Å². The topological polar surface area (TPSA) is 55.3 Å². The van der Waals surface area contributed by atoms with Crippen molar-refractivity contribution in [2.75, 3.05) is 19.6 Å². The van der Waals surface area contributed by atoms with Crippen LogP contribution in [0.3, 0.4) is 0 Å². The third kappa shape index (κ3) is 2.30. The van der Waals surface area contributed by atoms with Crippen molar-refractivity contribution in [2.24, 2.45) is 11.5 Å². The minimum absolute atomic E-state index is 0.150. The van der Waals surface area contributed by atoms with E-state index in [1.54, 1.807) is 0 Å². The summed E-state index contributed by atoms with van der Waals surface area (Å²) in [5.74, 6) is 0. The van der Waals surface area contributed by atoms with Gasteiger partial charge < -0.3 is 16.4 Å². The highest BCUT2D eigenvalue weighted by atomic mass is 15.2. The van der Waals surface area contributed by atoms with Crippen LogP contribution in [-0.2, 0) is 0 Å². The lowest BCUT2D eigenvalue weighted by Crippen LogP contribution is -2.42. The molecule has 0 unspecified atom stereocenters. The molecular weight excluding hydrogens is 114 g/mol. The first kappa shape index (κ1) is 6.99. The molecule has 0 aliphatic carbocycles. The van der Waals surface area contributed by atoms with Gasteiger partial charge in [0, 0.05) is 6.54 Å². The third-order valence-electron chi connectivity index (χ3n) is 1.67. The predicted octanol–water partition coefficient (Wildman–Crippen LogP) is -0.674. The van der Waals surface area contributed by atoms with E-state index in [9.17, 15) is 0 Å². The van der Waals surface area contributed by atoms with Crippen molar-refractivity contribution in [1.82, 2.24) is 4.90 Å². The standard InChI is InChI=1S/C6H15N3/c7-6(8)5-9-3-1-2-4-9/h6H,1-5,7-8H2. The first-order valence-electron chi connectivity index (χ1n) is 3.52. The summed E-state index contributed by atoms with van der Waals surface area (Å²) < 4.78 is 0. The van der Waals surface area contributed by atoms with Crippen LogP contribution in [0, 0.1) is 0 Å². The first-order chi connectivity index (χ1) is 4.29. The summed E-state index contributed by atoms with van der Waals surface area (Å²) in [7, 11) is 0. The highest BCUT2D eigenvalue weighted by Gasteiger charge is 2.11. The summed E-state index contributed by atoms with van der Waals surface area (Å²) in [6.07, 6.45) is 2.47. The molecule has 54 valence electrons. The molecule has 0 bridgehead atoms. The number of nitrogens with two attached hydrogens (primary N) is 2. The zero-order valence-electron chi connectivity index (χ0n) is 5.71. The molecule has 1 aliphatic rings. The van der Waals surface area contributed by atoms with Crippen LogP contribution in [0.5, 0.6) is 0 Å². The van der Waals surface area contributed by atoms with Crippen LogP contribution in [0.25, 0.3) is 0 Å². The molecule has 9 heavy (non-hydrogen) atoms. The van der Waals surface area contributed by atoms with E-state index in [-0.39, 0.29) is 6.17 Å². The maximum Gasteiger partial charge on any atom is 0.0652 e. The van der Waals surface area contributed by atoms with Crippen LogP contribution in [0.2, 0.25) is 0 Å². The van der Waals surface area contributed by atoms with Crippen molar-refractivity contribution in [3.63, 3.8) is 0 Å². The lowest BCUT2D eigenvalue weighted by Gasteiger charge is -2.16. The summed E-state index contributed by atoms with van der Waals surface area (Å²) in [6.45, 7) is 3.23. The fraction of sp³-hybridized carbons (Fsp3) is 1.00. The van der Waals surface area contributed by atoms with Gasteiger partial charge in [-0.3, -0.25) is 0 Å². The van der Waals surface area contributed by atoms with Crippen molar-refractivity contribution in [3.8, 4) is 0 Å². The van der Waals surface area contributed by atoms with Gasteiger partial charge >= 0.3 is 0 Å². The van der Waals surface area contributed by atoms with Gasteiger partial charge in [0.15, 0.2) is 0 Å². The van der Waals surface area contributed by atoms with Crippen LogP contribution in [-0.4, -0.2) is 30.7 Å².